The van der Waals surface area contributed by atoms with Gasteiger partial charge in [-0.1, -0.05) is 12.1 Å². The molecule has 17 heavy (non-hydrogen) atoms. The van der Waals surface area contributed by atoms with Crippen molar-refractivity contribution in [3.63, 3.8) is 0 Å². The summed E-state index contributed by atoms with van der Waals surface area (Å²) in [5, 5.41) is 0. The summed E-state index contributed by atoms with van der Waals surface area (Å²) in [5.41, 5.74) is 5.64. The Balaban J connectivity index is 2.39. The molecular weight excluding hydrogens is 234 g/mol. The highest BCUT2D eigenvalue weighted by atomic mass is 32.2. The van der Waals surface area contributed by atoms with E-state index in [1.165, 1.54) is 4.90 Å². The van der Waals surface area contributed by atoms with E-state index in [1.54, 1.807) is 18.9 Å². The van der Waals surface area contributed by atoms with E-state index in [0.717, 1.165) is 24.5 Å². The first-order valence-electron chi connectivity index (χ1n) is 5.89. The van der Waals surface area contributed by atoms with Crippen LogP contribution < -0.4 is 10.5 Å². The summed E-state index contributed by atoms with van der Waals surface area (Å²) in [4.78, 5) is 1.17. The molecule has 0 saturated heterocycles. The van der Waals surface area contributed by atoms with Crippen molar-refractivity contribution in [3.8, 4) is 5.75 Å². The minimum Gasteiger partial charge on any atom is -0.496 e. The van der Waals surface area contributed by atoms with Crippen molar-refractivity contribution in [2.24, 2.45) is 5.73 Å². The lowest BCUT2D eigenvalue weighted by Crippen LogP contribution is -2.24. The molecule has 0 aliphatic heterocycles. The van der Waals surface area contributed by atoms with Crippen molar-refractivity contribution in [2.45, 2.75) is 24.3 Å². The van der Waals surface area contributed by atoms with E-state index >= 15 is 0 Å². The summed E-state index contributed by atoms with van der Waals surface area (Å²) in [6.45, 7) is 3.30. The Labute approximate surface area is 108 Å². The van der Waals surface area contributed by atoms with E-state index in [4.69, 9.17) is 15.2 Å². The molecule has 96 valence electrons. The van der Waals surface area contributed by atoms with Gasteiger partial charge in [-0.25, -0.2) is 0 Å². The molecule has 0 spiro atoms. The standard InChI is InChI=1S/C13H21NO2S/c1-3-16-11(10-14)8-9-17-13-7-5-4-6-12(13)15-2/h4-7,11H,3,8-10,14H2,1-2H3. The van der Waals surface area contributed by atoms with Gasteiger partial charge in [0.2, 0.25) is 0 Å². The predicted molar refractivity (Wildman–Crippen MR) is 72.8 cm³/mol. The highest BCUT2D eigenvalue weighted by Crippen LogP contribution is 2.29. The molecule has 0 aliphatic carbocycles. The Bertz CT molecular complexity index is 320. The van der Waals surface area contributed by atoms with E-state index in [-0.39, 0.29) is 6.10 Å². The van der Waals surface area contributed by atoms with Crippen LogP contribution in [0.2, 0.25) is 0 Å². The van der Waals surface area contributed by atoms with Gasteiger partial charge < -0.3 is 15.2 Å². The smallest absolute Gasteiger partial charge is 0.132 e. The molecule has 0 aliphatic rings. The quantitative estimate of drug-likeness (QED) is 0.725. The molecule has 0 fully saturated rings. The van der Waals surface area contributed by atoms with Gasteiger partial charge in [0.1, 0.15) is 5.75 Å². The fraction of sp³-hybridized carbons (Fsp3) is 0.538. The van der Waals surface area contributed by atoms with Gasteiger partial charge in [-0.2, -0.15) is 0 Å². The molecule has 0 heterocycles. The number of nitrogens with two attached hydrogens (primary N) is 1. The maximum atomic E-state index is 5.64. The van der Waals surface area contributed by atoms with Gasteiger partial charge in [0.15, 0.2) is 0 Å². The summed E-state index contributed by atoms with van der Waals surface area (Å²) in [7, 11) is 1.70. The van der Waals surface area contributed by atoms with Crippen LogP contribution in [0.4, 0.5) is 0 Å². The third-order valence-electron chi connectivity index (χ3n) is 2.43. The van der Waals surface area contributed by atoms with Crippen LogP contribution in [0.25, 0.3) is 0 Å². The van der Waals surface area contributed by atoms with Gasteiger partial charge in [-0.15, -0.1) is 11.8 Å². The Hall–Kier alpha value is -0.710. The first kappa shape index (κ1) is 14.4. The molecule has 1 aromatic carbocycles. The third-order valence-corrected chi connectivity index (χ3v) is 3.52. The first-order chi connectivity index (χ1) is 8.31. The molecule has 1 rings (SSSR count). The largest absolute Gasteiger partial charge is 0.496 e. The predicted octanol–water partition coefficient (Wildman–Crippen LogP) is 2.54. The molecule has 0 aromatic heterocycles. The van der Waals surface area contributed by atoms with Crippen LogP contribution in [0, 0.1) is 0 Å². The van der Waals surface area contributed by atoms with Gasteiger partial charge >= 0.3 is 0 Å². The van der Waals surface area contributed by atoms with Crippen LogP contribution in [0.3, 0.4) is 0 Å². The number of rotatable bonds is 8. The van der Waals surface area contributed by atoms with E-state index < -0.39 is 0 Å². The summed E-state index contributed by atoms with van der Waals surface area (Å²) in [6, 6.07) is 8.05. The molecule has 0 bridgehead atoms. The number of methoxy groups -OCH3 is 1. The SMILES string of the molecule is CCOC(CN)CCSc1ccccc1OC. The minimum atomic E-state index is 0.169. The lowest BCUT2D eigenvalue weighted by molar-refractivity contribution is 0.0674. The average molecular weight is 255 g/mol. The maximum absolute atomic E-state index is 5.64. The second-order valence-corrected chi connectivity index (χ2v) is 4.74. The highest BCUT2D eigenvalue weighted by molar-refractivity contribution is 7.99. The number of hydrogen-bond donors (Lipinski definition) is 1. The molecule has 4 heteroatoms. The Morgan fingerprint density at radius 2 is 2.12 bits per heavy atom. The molecule has 0 amide bonds. The highest BCUT2D eigenvalue weighted by Gasteiger charge is 2.07. The first-order valence-corrected chi connectivity index (χ1v) is 6.87. The molecule has 0 saturated carbocycles. The second-order valence-electron chi connectivity index (χ2n) is 3.60. The van der Waals surface area contributed by atoms with Crippen molar-refractivity contribution >= 4 is 11.8 Å². The zero-order valence-electron chi connectivity index (χ0n) is 10.5. The van der Waals surface area contributed by atoms with Crippen molar-refractivity contribution < 1.29 is 9.47 Å². The fourth-order valence-electron chi connectivity index (χ4n) is 1.54. The number of thioether (sulfide) groups is 1. The van der Waals surface area contributed by atoms with Gasteiger partial charge in [-0.05, 0) is 25.5 Å². The van der Waals surface area contributed by atoms with Crippen molar-refractivity contribution in [2.75, 3.05) is 26.0 Å². The minimum absolute atomic E-state index is 0.169. The molecular formula is C13H21NO2S. The van der Waals surface area contributed by atoms with Crippen LogP contribution in [0.1, 0.15) is 13.3 Å². The topological polar surface area (TPSA) is 44.5 Å². The molecule has 3 nitrogen and oxygen atoms in total. The molecule has 1 aromatic rings. The Morgan fingerprint density at radius 3 is 2.76 bits per heavy atom. The van der Waals surface area contributed by atoms with Crippen molar-refractivity contribution in [3.05, 3.63) is 24.3 Å². The Morgan fingerprint density at radius 1 is 1.35 bits per heavy atom. The van der Waals surface area contributed by atoms with E-state index in [9.17, 15) is 0 Å². The van der Waals surface area contributed by atoms with E-state index in [1.807, 2.05) is 25.1 Å². The summed E-state index contributed by atoms with van der Waals surface area (Å²) in [6.07, 6.45) is 1.13. The summed E-state index contributed by atoms with van der Waals surface area (Å²) in [5.74, 6) is 1.92. The molecule has 2 N–H and O–H groups in total. The maximum Gasteiger partial charge on any atom is 0.132 e. The zero-order chi connectivity index (χ0) is 12.5. The van der Waals surface area contributed by atoms with Gasteiger partial charge in [0, 0.05) is 23.8 Å². The van der Waals surface area contributed by atoms with Gasteiger partial charge in [0.25, 0.3) is 0 Å². The van der Waals surface area contributed by atoms with E-state index in [0.29, 0.717) is 6.54 Å². The summed E-state index contributed by atoms with van der Waals surface area (Å²) < 4.78 is 10.8. The number of hydrogen-bond acceptors (Lipinski definition) is 4. The molecule has 1 atom stereocenters. The lowest BCUT2D eigenvalue weighted by Gasteiger charge is -2.14. The lowest BCUT2D eigenvalue weighted by atomic mass is 10.3. The van der Waals surface area contributed by atoms with Crippen molar-refractivity contribution in [1.82, 2.24) is 0 Å². The number of benzene rings is 1. The monoisotopic (exact) mass is 255 g/mol. The molecule has 1 unspecified atom stereocenters. The second kappa shape index (κ2) is 8.39. The fourth-order valence-corrected chi connectivity index (χ4v) is 2.61. The normalized spacial score (nSPS) is 12.4. The van der Waals surface area contributed by atoms with Crippen LogP contribution in [-0.2, 0) is 4.74 Å². The number of para-hydroxylation sites is 1. The average Bonchev–Trinajstić information content (AvgIpc) is 2.38. The van der Waals surface area contributed by atoms with Gasteiger partial charge in [0.05, 0.1) is 13.2 Å². The van der Waals surface area contributed by atoms with Crippen LogP contribution >= 0.6 is 11.8 Å². The third kappa shape index (κ3) is 4.98. The van der Waals surface area contributed by atoms with Crippen LogP contribution in [0.15, 0.2) is 29.2 Å². The number of ether oxygens (including phenoxy) is 2. The molecule has 0 radical (unpaired) electrons. The zero-order valence-corrected chi connectivity index (χ0v) is 11.3. The van der Waals surface area contributed by atoms with Crippen LogP contribution in [-0.4, -0.2) is 32.1 Å². The van der Waals surface area contributed by atoms with E-state index in [2.05, 4.69) is 6.07 Å². The van der Waals surface area contributed by atoms with Crippen LogP contribution in [0.5, 0.6) is 5.75 Å². The Kier molecular flexibility index (Phi) is 7.08. The van der Waals surface area contributed by atoms with Crippen molar-refractivity contribution in [1.29, 1.82) is 0 Å². The van der Waals surface area contributed by atoms with Gasteiger partial charge in [-0.3, -0.25) is 0 Å². The summed E-state index contributed by atoms with van der Waals surface area (Å²) >= 11 is 1.78.